The Hall–Kier alpha value is -3.55. The van der Waals surface area contributed by atoms with Crippen molar-refractivity contribution in [2.24, 2.45) is 5.92 Å². The molecule has 1 atom stereocenters. The minimum atomic E-state index is -0.916. The molecule has 3 aromatic rings. The molecule has 0 bridgehead atoms. The molecule has 1 aromatic heterocycles. The Morgan fingerprint density at radius 1 is 1.12 bits per heavy atom. The SMILES string of the molecule is CCOC(=O)C1CCCN(C(=O)c2cn(-c3ccc(F)cc3F)c(=O)c3ccccc23)C1. The maximum Gasteiger partial charge on any atom is 0.310 e. The van der Waals surface area contributed by atoms with Crippen LogP contribution in [-0.4, -0.2) is 41.0 Å². The standard InChI is InChI=1S/C24H22F2N2O4/c1-2-32-24(31)15-6-5-11-27(13-15)22(29)19-14-28(21-10-9-16(25)12-20(21)26)23(30)18-8-4-3-7-17(18)19/h3-4,7-10,12,14-15H,2,5-6,11,13H2,1H3. The fourth-order valence-corrected chi connectivity index (χ4v) is 4.10. The van der Waals surface area contributed by atoms with Crippen molar-refractivity contribution in [3.63, 3.8) is 0 Å². The van der Waals surface area contributed by atoms with Gasteiger partial charge < -0.3 is 9.64 Å². The number of aromatic nitrogens is 1. The predicted molar refractivity (Wildman–Crippen MR) is 115 cm³/mol. The van der Waals surface area contributed by atoms with Gasteiger partial charge in [-0.1, -0.05) is 18.2 Å². The number of amides is 1. The molecule has 32 heavy (non-hydrogen) atoms. The van der Waals surface area contributed by atoms with Crippen molar-refractivity contribution in [2.75, 3.05) is 19.7 Å². The van der Waals surface area contributed by atoms with Gasteiger partial charge in [0, 0.05) is 36.1 Å². The van der Waals surface area contributed by atoms with Crippen molar-refractivity contribution in [3.05, 3.63) is 76.2 Å². The van der Waals surface area contributed by atoms with E-state index in [2.05, 4.69) is 0 Å². The number of halogens is 2. The smallest absolute Gasteiger partial charge is 0.310 e. The zero-order valence-electron chi connectivity index (χ0n) is 17.5. The molecule has 1 saturated heterocycles. The minimum absolute atomic E-state index is 0.153. The number of hydrogen-bond donors (Lipinski definition) is 0. The van der Waals surface area contributed by atoms with Gasteiger partial charge in [-0.15, -0.1) is 0 Å². The van der Waals surface area contributed by atoms with Crippen LogP contribution in [0.15, 0.2) is 53.5 Å². The first kappa shape index (κ1) is 21.7. The number of hydrogen-bond acceptors (Lipinski definition) is 4. The van der Waals surface area contributed by atoms with E-state index in [0.29, 0.717) is 30.8 Å². The van der Waals surface area contributed by atoms with Crippen LogP contribution < -0.4 is 5.56 Å². The number of esters is 1. The van der Waals surface area contributed by atoms with E-state index in [1.807, 2.05) is 0 Å². The molecule has 0 N–H and O–H groups in total. The minimum Gasteiger partial charge on any atom is -0.466 e. The average molecular weight is 440 g/mol. The van der Waals surface area contributed by atoms with Crippen LogP contribution in [0.4, 0.5) is 8.78 Å². The molecule has 0 spiro atoms. The number of likely N-dealkylation sites (tertiary alicyclic amines) is 1. The van der Waals surface area contributed by atoms with Crippen LogP contribution in [0.5, 0.6) is 0 Å². The van der Waals surface area contributed by atoms with Crippen LogP contribution in [-0.2, 0) is 9.53 Å². The second kappa shape index (κ2) is 8.90. The molecule has 1 fully saturated rings. The summed E-state index contributed by atoms with van der Waals surface area (Å²) in [6, 6.07) is 9.47. The predicted octanol–water partition coefficient (Wildman–Crippen LogP) is 3.68. The van der Waals surface area contributed by atoms with E-state index in [1.165, 1.54) is 6.20 Å². The third-order valence-electron chi connectivity index (χ3n) is 5.65. The maximum atomic E-state index is 14.5. The van der Waals surface area contributed by atoms with Gasteiger partial charge in [-0.05, 0) is 38.0 Å². The second-order valence-electron chi connectivity index (χ2n) is 7.70. The summed E-state index contributed by atoms with van der Waals surface area (Å²) in [5.41, 5.74) is -0.474. The Balaban J connectivity index is 1.80. The quantitative estimate of drug-likeness (QED) is 0.581. The number of pyridine rings is 1. The van der Waals surface area contributed by atoms with Crippen LogP contribution in [0.3, 0.4) is 0 Å². The Bertz CT molecular complexity index is 1250. The normalized spacial score (nSPS) is 16.2. The van der Waals surface area contributed by atoms with Gasteiger partial charge in [0.25, 0.3) is 11.5 Å². The number of fused-ring (bicyclic) bond motifs is 1. The molecule has 1 aliphatic heterocycles. The van der Waals surface area contributed by atoms with Gasteiger partial charge in [0.15, 0.2) is 0 Å². The first-order valence-corrected chi connectivity index (χ1v) is 10.5. The third-order valence-corrected chi connectivity index (χ3v) is 5.65. The molecule has 8 heteroatoms. The molecule has 0 radical (unpaired) electrons. The van der Waals surface area contributed by atoms with E-state index in [0.717, 1.165) is 16.7 Å². The molecular weight excluding hydrogens is 418 g/mol. The summed E-state index contributed by atoms with van der Waals surface area (Å²) >= 11 is 0. The Morgan fingerprint density at radius 2 is 1.88 bits per heavy atom. The average Bonchev–Trinajstić information content (AvgIpc) is 2.80. The van der Waals surface area contributed by atoms with Crippen LogP contribution in [0, 0.1) is 17.6 Å². The number of nitrogens with zero attached hydrogens (tertiary/aromatic N) is 2. The van der Waals surface area contributed by atoms with Crippen molar-refractivity contribution in [1.82, 2.24) is 9.47 Å². The topological polar surface area (TPSA) is 68.6 Å². The van der Waals surface area contributed by atoms with Gasteiger partial charge in [-0.3, -0.25) is 19.0 Å². The highest BCUT2D eigenvalue weighted by Crippen LogP contribution is 2.24. The zero-order chi connectivity index (χ0) is 22.8. The highest BCUT2D eigenvalue weighted by atomic mass is 19.1. The monoisotopic (exact) mass is 440 g/mol. The Labute approximate surface area is 183 Å². The molecule has 1 aliphatic rings. The first-order valence-electron chi connectivity index (χ1n) is 10.5. The number of rotatable bonds is 4. The highest BCUT2D eigenvalue weighted by molar-refractivity contribution is 6.06. The van der Waals surface area contributed by atoms with Gasteiger partial charge in [0.2, 0.25) is 0 Å². The number of carbonyl (C=O) groups is 2. The summed E-state index contributed by atoms with van der Waals surface area (Å²) in [5.74, 6) is -2.81. The van der Waals surface area contributed by atoms with Crippen LogP contribution in [0.1, 0.15) is 30.1 Å². The van der Waals surface area contributed by atoms with Gasteiger partial charge >= 0.3 is 5.97 Å². The zero-order valence-corrected chi connectivity index (χ0v) is 17.5. The third kappa shape index (κ3) is 4.00. The van der Waals surface area contributed by atoms with Crippen molar-refractivity contribution >= 4 is 22.6 Å². The summed E-state index contributed by atoms with van der Waals surface area (Å²) in [4.78, 5) is 40.3. The summed E-state index contributed by atoms with van der Waals surface area (Å²) in [5, 5.41) is 0.667. The number of ether oxygens (including phenoxy) is 1. The lowest BCUT2D eigenvalue weighted by Gasteiger charge is -2.32. The maximum absolute atomic E-state index is 14.5. The fourth-order valence-electron chi connectivity index (χ4n) is 4.10. The number of benzene rings is 2. The van der Waals surface area contributed by atoms with Gasteiger partial charge in [0.05, 0.1) is 23.8 Å². The summed E-state index contributed by atoms with van der Waals surface area (Å²) < 4.78 is 34.0. The molecule has 0 aliphatic carbocycles. The molecule has 1 amide bonds. The highest BCUT2D eigenvalue weighted by Gasteiger charge is 2.31. The number of piperidine rings is 1. The van der Waals surface area contributed by atoms with E-state index in [4.69, 9.17) is 4.74 Å². The van der Waals surface area contributed by atoms with Crippen molar-refractivity contribution in [2.45, 2.75) is 19.8 Å². The number of carbonyl (C=O) groups excluding carboxylic acids is 2. The van der Waals surface area contributed by atoms with Crippen molar-refractivity contribution < 1.29 is 23.1 Å². The van der Waals surface area contributed by atoms with Crippen LogP contribution in [0.25, 0.3) is 16.5 Å². The van der Waals surface area contributed by atoms with Crippen LogP contribution in [0.2, 0.25) is 0 Å². The molecule has 166 valence electrons. The van der Waals surface area contributed by atoms with Gasteiger partial charge in [0.1, 0.15) is 11.6 Å². The van der Waals surface area contributed by atoms with E-state index < -0.39 is 23.1 Å². The first-order chi connectivity index (χ1) is 15.4. The molecular formula is C24H22F2N2O4. The largest absolute Gasteiger partial charge is 0.466 e. The molecule has 2 heterocycles. The lowest BCUT2D eigenvalue weighted by Crippen LogP contribution is -2.43. The lowest BCUT2D eigenvalue weighted by molar-refractivity contribution is -0.149. The van der Waals surface area contributed by atoms with Crippen molar-refractivity contribution in [3.8, 4) is 5.69 Å². The molecule has 0 saturated carbocycles. The molecule has 6 nitrogen and oxygen atoms in total. The van der Waals surface area contributed by atoms with E-state index in [9.17, 15) is 23.2 Å². The van der Waals surface area contributed by atoms with Gasteiger partial charge in [-0.2, -0.15) is 0 Å². The molecule has 4 rings (SSSR count). The summed E-state index contributed by atoms with van der Waals surface area (Å²) in [6.07, 6.45) is 2.56. The summed E-state index contributed by atoms with van der Waals surface area (Å²) in [7, 11) is 0. The van der Waals surface area contributed by atoms with Crippen LogP contribution >= 0.6 is 0 Å². The lowest BCUT2D eigenvalue weighted by atomic mass is 9.97. The fraction of sp³-hybridized carbons (Fsp3) is 0.292. The molecule has 1 unspecified atom stereocenters. The van der Waals surface area contributed by atoms with E-state index in [-0.39, 0.29) is 41.7 Å². The molecule has 2 aromatic carbocycles. The van der Waals surface area contributed by atoms with E-state index >= 15 is 0 Å². The van der Waals surface area contributed by atoms with E-state index in [1.54, 1.807) is 36.1 Å². The Kier molecular flexibility index (Phi) is 6.03. The summed E-state index contributed by atoms with van der Waals surface area (Å²) in [6.45, 7) is 2.65. The second-order valence-corrected chi connectivity index (χ2v) is 7.70. The van der Waals surface area contributed by atoms with Crippen molar-refractivity contribution in [1.29, 1.82) is 0 Å². The van der Waals surface area contributed by atoms with Gasteiger partial charge in [-0.25, -0.2) is 8.78 Å². The Morgan fingerprint density at radius 3 is 2.59 bits per heavy atom.